The number of nitrogens with zero attached hydrogens (tertiary/aromatic N) is 4. The number of hydrogen-bond acceptors (Lipinski definition) is 5. The van der Waals surface area contributed by atoms with Gasteiger partial charge in [-0.1, -0.05) is 29.0 Å². The van der Waals surface area contributed by atoms with E-state index in [9.17, 15) is 0 Å². The lowest BCUT2D eigenvalue weighted by Crippen LogP contribution is -1.77. The minimum absolute atomic E-state index is 0.325. The topological polar surface area (TPSA) is 61.4 Å². The average molecular weight is 256 g/mol. The quantitative estimate of drug-likeness (QED) is 0.771. The molecule has 4 nitrogen and oxygen atoms in total. The van der Waals surface area contributed by atoms with Gasteiger partial charge in [0.25, 0.3) is 0 Å². The number of nitriles is 1. The summed E-state index contributed by atoms with van der Waals surface area (Å²) in [7, 11) is 0. The molecule has 0 amide bonds. The molecule has 0 aliphatic rings. The van der Waals surface area contributed by atoms with Gasteiger partial charge in [0.2, 0.25) is 0 Å². The number of aromatic nitrogens is 1. The van der Waals surface area contributed by atoms with Crippen LogP contribution in [0.3, 0.4) is 0 Å². The summed E-state index contributed by atoms with van der Waals surface area (Å²) in [5, 5.41) is 18.5. The Bertz CT molecular complexity index is 605. The molecular weight excluding hydrogens is 244 g/mol. The van der Waals surface area contributed by atoms with E-state index in [4.69, 9.17) is 5.26 Å². The molecule has 1 aromatic carbocycles. The average Bonchev–Trinajstić information content (AvgIpc) is 2.70. The van der Waals surface area contributed by atoms with Gasteiger partial charge in [0.05, 0.1) is 23.9 Å². The minimum atomic E-state index is 0.325. The van der Waals surface area contributed by atoms with Gasteiger partial charge in [0.15, 0.2) is 5.00 Å². The summed E-state index contributed by atoms with van der Waals surface area (Å²) in [5.41, 5.74) is 2.83. The molecule has 0 saturated heterocycles. The molecule has 0 radical (unpaired) electrons. The monoisotopic (exact) mass is 256 g/mol. The normalized spacial score (nSPS) is 10.7. The molecule has 0 aliphatic carbocycles. The van der Waals surface area contributed by atoms with E-state index < -0.39 is 0 Å². The Balaban J connectivity index is 2.18. The molecular formula is C13H12N4S. The standard InChI is InChI=1S/C13H12N4S/c1-9-3-5-11(6-4-9)16-17-13-10(2)15-12(18-13)7-8-14/h3-6H,7H2,1-2H3. The molecule has 2 rings (SSSR count). The molecule has 5 heteroatoms. The molecule has 0 aliphatic heterocycles. The predicted octanol–water partition coefficient (Wildman–Crippen LogP) is 4.24. The van der Waals surface area contributed by atoms with Crippen LogP contribution in [0.1, 0.15) is 16.3 Å². The molecule has 0 atom stereocenters. The number of hydrogen-bond donors (Lipinski definition) is 0. The van der Waals surface area contributed by atoms with Gasteiger partial charge in [-0.3, -0.25) is 0 Å². The van der Waals surface area contributed by atoms with Crippen LogP contribution in [0.15, 0.2) is 34.5 Å². The van der Waals surface area contributed by atoms with Crippen LogP contribution in [0, 0.1) is 25.2 Å². The first-order chi connectivity index (χ1) is 8.69. The smallest absolute Gasteiger partial charge is 0.161 e. The maximum absolute atomic E-state index is 8.62. The summed E-state index contributed by atoms with van der Waals surface area (Å²) in [4.78, 5) is 4.27. The van der Waals surface area contributed by atoms with Gasteiger partial charge in [-0.2, -0.15) is 5.26 Å². The van der Waals surface area contributed by atoms with Crippen molar-refractivity contribution in [2.24, 2.45) is 10.2 Å². The van der Waals surface area contributed by atoms with Gasteiger partial charge in [-0.05, 0) is 26.0 Å². The lowest BCUT2D eigenvalue weighted by Gasteiger charge is -1.92. The fraction of sp³-hybridized carbons (Fsp3) is 0.231. The van der Waals surface area contributed by atoms with Crippen LogP contribution in [0.25, 0.3) is 0 Å². The van der Waals surface area contributed by atoms with Crippen molar-refractivity contribution in [1.82, 2.24) is 4.98 Å². The Morgan fingerprint density at radius 2 is 1.94 bits per heavy atom. The summed E-state index contributed by atoms with van der Waals surface area (Å²) in [6.45, 7) is 3.91. The number of rotatable bonds is 3. The Hall–Kier alpha value is -2.06. The van der Waals surface area contributed by atoms with Gasteiger partial charge in [0, 0.05) is 0 Å². The van der Waals surface area contributed by atoms with Gasteiger partial charge in [-0.15, -0.1) is 10.2 Å². The van der Waals surface area contributed by atoms with Crippen LogP contribution in [-0.2, 0) is 6.42 Å². The van der Waals surface area contributed by atoms with Crippen molar-refractivity contribution in [2.75, 3.05) is 0 Å². The first-order valence-corrected chi connectivity index (χ1v) is 6.32. The van der Waals surface area contributed by atoms with E-state index in [2.05, 4.69) is 21.3 Å². The SMILES string of the molecule is Cc1ccc(N=Nc2sc(CC#N)nc2C)cc1. The van der Waals surface area contributed by atoms with E-state index in [0.717, 1.165) is 21.4 Å². The van der Waals surface area contributed by atoms with Gasteiger partial charge in [0.1, 0.15) is 5.01 Å². The fourth-order valence-electron chi connectivity index (χ4n) is 1.39. The van der Waals surface area contributed by atoms with E-state index in [1.807, 2.05) is 38.1 Å². The number of benzene rings is 1. The molecule has 2 aromatic rings. The molecule has 18 heavy (non-hydrogen) atoms. The third-order valence-corrected chi connectivity index (χ3v) is 3.38. The second-order valence-corrected chi connectivity index (χ2v) is 4.93. The Morgan fingerprint density at radius 3 is 2.61 bits per heavy atom. The van der Waals surface area contributed by atoms with Crippen molar-refractivity contribution in [2.45, 2.75) is 20.3 Å². The van der Waals surface area contributed by atoms with Gasteiger partial charge < -0.3 is 0 Å². The molecule has 1 aromatic heterocycles. The van der Waals surface area contributed by atoms with E-state index in [-0.39, 0.29) is 0 Å². The van der Waals surface area contributed by atoms with Crippen molar-refractivity contribution < 1.29 is 0 Å². The van der Waals surface area contributed by atoms with E-state index in [1.165, 1.54) is 16.9 Å². The van der Waals surface area contributed by atoms with Crippen LogP contribution in [0.5, 0.6) is 0 Å². The van der Waals surface area contributed by atoms with Gasteiger partial charge in [-0.25, -0.2) is 4.98 Å². The first-order valence-electron chi connectivity index (χ1n) is 5.50. The summed E-state index contributed by atoms with van der Waals surface area (Å²) in [6, 6.07) is 9.91. The highest BCUT2D eigenvalue weighted by atomic mass is 32.1. The highest BCUT2D eigenvalue weighted by molar-refractivity contribution is 7.15. The largest absolute Gasteiger partial charge is 0.243 e. The number of aryl methyl sites for hydroxylation is 2. The molecule has 0 unspecified atom stereocenters. The van der Waals surface area contributed by atoms with E-state index in [1.54, 1.807) is 0 Å². The van der Waals surface area contributed by atoms with Crippen LogP contribution >= 0.6 is 11.3 Å². The zero-order chi connectivity index (χ0) is 13.0. The van der Waals surface area contributed by atoms with Crippen molar-refractivity contribution >= 4 is 22.0 Å². The van der Waals surface area contributed by atoms with Crippen LogP contribution in [-0.4, -0.2) is 4.98 Å². The van der Waals surface area contributed by atoms with Crippen molar-refractivity contribution in [3.05, 3.63) is 40.5 Å². The second-order valence-electron chi connectivity index (χ2n) is 3.87. The zero-order valence-corrected chi connectivity index (χ0v) is 11.0. The Kier molecular flexibility index (Phi) is 3.80. The van der Waals surface area contributed by atoms with Crippen LogP contribution in [0.4, 0.5) is 10.7 Å². The maximum Gasteiger partial charge on any atom is 0.161 e. The maximum atomic E-state index is 8.62. The third kappa shape index (κ3) is 2.99. The van der Waals surface area contributed by atoms with Crippen LogP contribution < -0.4 is 0 Å². The highest BCUT2D eigenvalue weighted by Crippen LogP contribution is 2.29. The molecule has 0 N–H and O–H groups in total. The first kappa shape index (κ1) is 12.4. The van der Waals surface area contributed by atoms with Crippen molar-refractivity contribution in [3.8, 4) is 6.07 Å². The molecule has 90 valence electrons. The number of azo groups is 1. The van der Waals surface area contributed by atoms with Crippen molar-refractivity contribution in [1.29, 1.82) is 5.26 Å². The molecule has 0 bridgehead atoms. The third-order valence-electron chi connectivity index (χ3n) is 2.34. The lowest BCUT2D eigenvalue weighted by atomic mass is 10.2. The fourth-order valence-corrected chi connectivity index (χ4v) is 2.21. The molecule has 0 fully saturated rings. The molecule has 0 saturated carbocycles. The molecule has 1 heterocycles. The summed E-state index contributed by atoms with van der Waals surface area (Å²) < 4.78 is 0. The van der Waals surface area contributed by atoms with Gasteiger partial charge >= 0.3 is 0 Å². The van der Waals surface area contributed by atoms with Crippen LogP contribution in [0.2, 0.25) is 0 Å². The summed E-state index contributed by atoms with van der Waals surface area (Å²) in [6.07, 6.45) is 0.325. The van der Waals surface area contributed by atoms with Crippen molar-refractivity contribution in [3.63, 3.8) is 0 Å². The Labute approximate surface area is 110 Å². The minimum Gasteiger partial charge on any atom is -0.243 e. The summed E-state index contributed by atoms with van der Waals surface area (Å²) in [5.74, 6) is 0. The second kappa shape index (κ2) is 5.52. The predicted molar refractivity (Wildman–Crippen MR) is 71.5 cm³/mol. The summed E-state index contributed by atoms with van der Waals surface area (Å²) >= 11 is 1.41. The Morgan fingerprint density at radius 1 is 1.22 bits per heavy atom. The van der Waals surface area contributed by atoms with E-state index in [0.29, 0.717) is 6.42 Å². The molecule has 0 spiro atoms. The zero-order valence-electron chi connectivity index (χ0n) is 10.2. The highest BCUT2D eigenvalue weighted by Gasteiger charge is 2.06. The van der Waals surface area contributed by atoms with E-state index >= 15 is 0 Å². The lowest BCUT2D eigenvalue weighted by molar-refractivity contribution is 1.12. The number of thiazole rings is 1.